The fourth-order valence-electron chi connectivity index (χ4n) is 3.53. The number of imidazole rings is 1. The molecule has 1 aromatic heterocycles. The molecule has 0 unspecified atom stereocenters. The summed E-state index contributed by atoms with van der Waals surface area (Å²) in [6, 6.07) is 0. The maximum Gasteiger partial charge on any atom is 0.240 e. The smallest absolute Gasteiger partial charge is 0.240 e. The van der Waals surface area contributed by atoms with Gasteiger partial charge >= 0.3 is 0 Å². The van der Waals surface area contributed by atoms with Gasteiger partial charge in [0.25, 0.3) is 0 Å². The van der Waals surface area contributed by atoms with Crippen LogP contribution in [-0.4, -0.2) is 32.7 Å². The van der Waals surface area contributed by atoms with E-state index in [1.54, 1.807) is 6.33 Å². The number of hydrogen-bond donors (Lipinski definition) is 2. The molecule has 2 N–H and O–H groups in total. The first-order chi connectivity index (χ1) is 10.2. The average Bonchev–Trinajstić information content (AvgIpc) is 2.90. The number of hydrogen-bond acceptors (Lipinski definition) is 3. The van der Waals surface area contributed by atoms with E-state index in [9.17, 15) is 9.90 Å². The van der Waals surface area contributed by atoms with Crippen LogP contribution in [-0.2, 0) is 24.2 Å². The third-order valence-electron chi connectivity index (χ3n) is 4.82. The second-order valence-electron chi connectivity index (χ2n) is 6.53. The molecule has 116 valence electrons. The van der Waals surface area contributed by atoms with Crippen LogP contribution in [0.25, 0.3) is 0 Å². The van der Waals surface area contributed by atoms with Crippen LogP contribution in [0.15, 0.2) is 6.33 Å². The fraction of sp³-hybridized carbons (Fsp3) is 0.750. The van der Waals surface area contributed by atoms with Crippen molar-refractivity contribution in [3.63, 3.8) is 0 Å². The minimum Gasteiger partial charge on any atom is -0.388 e. The average molecular weight is 291 g/mol. The second kappa shape index (κ2) is 6.18. The Hall–Kier alpha value is -1.36. The van der Waals surface area contributed by atoms with E-state index < -0.39 is 5.60 Å². The zero-order valence-electron chi connectivity index (χ0n) is 12.6. The van der Waals surface area contributed by atoms with E-state index in [0.29, 0.717) is 13.1 Å². The Kier molecular flexibility index (Phi) is 4.29. The van der Waals surface area contributed by atoms with Crippen LogP contribution in [0, 0.1) is 0 Å². The van der Waals surface area contributed by atoms with Crippen molar-refractivity contribution in [3.05, 3.63) is 17.7 Å². The summed E-state index contributed by atoms with van der Waals surface area (Å²) in [7, 11) is 0. The molecule has 0 radical (unpaired) electrons. The Morgan fingerprint density at radius 3 is 2.81 bits per heavy atom. The Balaban J connectivity index is 1.53. The molecule has 0 aliphatic heterocycles. The van der Waals surface area contributed by atoms with Crippen molar-refractivity contribution in [2.45, 2.75) is 69.9 Å². The minimum atomic E-state index is -0.692. The molecule has 5 nitrogen and oxygen atoms in total. The highest BCUT2D eigenvalue weighted by Gasteiger charge is 2.29. The van der Waals surface area contributed by atoms with E-state index in [0.717, 1.165) is 44.2 Å². The van der Waals surface area contributed by atoms with Crippen molar-refractivity contribution in [2.75, 3.05) is 6.54 Å². The molecular weight excluding hydrogens is 266 g/mol. The molecule has 0 saturated heterocycles. The van der Waals surface area contributed by atoms with Crippen LogP contribution in [0.1, 0.15) is 56.3 Å². The van der Waals surface area contributed by atoms with E-state index in [-0.39, 0.29) is 5.91 Å². The monoisotopic (exact) mass is 291 g/mol. The van der Waals surface area contributed by atoms with E-state index in [1.807, 2.05) is 4.57 Å². The first-order valence-corrected chi connectivity index (χ1v) is 8.18. The summed E-state index contributed by atoms with van der Waals surface area (Å²) >= 11 is 0. The van der Waals surface area contributed by atoms with Crippen molar-refractivity contribution >= 4 is 5.91 Å². The molecule has 0 bridgehead atoms. The van der Waals surface area contributed by atoms with E-state index >= 15 is 0 Å². The van der Waals surface area contributed by atoms with Crippen molar-refractivity contribution < 1.29 is 9.90 Å². The van der Waals surface area contributed by atoms with Gasteiger partial charge in [-0.05, 0) is 38.5 Å². The summed E-state index contributed by atoms with van der Waals surface area (Å²) in [5.74, 6) is -0.0280. The van der Waals surface area contributed by atoms with Gasteiger partial charge in [-0.25, -0.2) is 4.98 Å². The molecular formula is C16H25N3O2. The number of carbonyl (C=O) groups excluding carboxylic acids is 1. The maximum atomic E-state index is 12.1. The van der Waals surface area contributed by atoms with Gasteiger partial charge in [-0.3, -0.25) is 4.79 Å². The Morgan fingerprint density at radius 1 is 1.24 bits per heavy atom. The standard InChI is InChI=1S/C16H25N3O2/c20-15(17-11-16(21)8-4-1-5-9-16)10-19-12-18-13-6-2-3-7-14(13)19/h12,21H,1-11H2,(H,17,20). The quantitative estimate of drug-likeness (QED) is 0.885. The summed E-state index contributed by atoms with van der Waals surface area (Å²) in [5.41, 5.74) is 1.68. The Morgan fingerprint density at radius 2 is 2.00 bits per heavy atom. The number of aryl methyl sites for hydroxylation is 1. The SMILES string of the molecule is O=C(Cn1cnc2c1CCCC2)NCC1(O)CCCCC1. The number of amides is 1. The molecule has 1 fully saturated rings. The van der Waals surface area contributed by atoms with Gasteiger partial charge in [0, 0.05) is 12.2 Å². The zero-order valence-corrected chi connectivity index (χ0v) is 12.6. The predicted molar refractivity (Wildman–Crippen MR) is 79.9 cm³/mol. The van der Waals surface area contributed by atoms with Gasteiger partial charge < -0.3 is 15.0 Å². The molecule has 2 aliphatic rings. The number of nitrogens with one attached hydrogen (secondary N) is 1. The second-order valence-corrected chi connectivity index (χ2v) is 6.53. The number of rotatable bonds is 4. The summed E-state index contributed by atoms with van der Waals surface area (Å²) in [6.45, 7) is 0.696. The van der Waals surface area contributed by atoms with Crippen LogP contribution >= 0.6 is 0 Å². The Bertz CT molecular complexity index is 504. The molecule has 0 aromatic carbocycles. The molecule has 5 heteroatoms. The number of fused-ring (bicyclic) bond motifs is 1. The molecule has 1 heterocycles. The molecule has 21 heavy (non-hydrogen) atoms. The van der Waals surface area contributed by atoms with E-state index in [2.05, 4.69) is 10.3 Å². The van der Waals surface area contributed by atoms with Crippen LogP contribution in [0.3, 0.4) is 0 Å². The van der Waals surface area contributed by atoms with Gasteiger partial charge in [0.05, 0.1) is 17.6 Å². The zero-order chi connectivity index (χ0) is 14.7. The summed E-state index contributed by atoms with van der Waals surface area (Å²) in [5, 5.41) is 13.3. The van der Waals surface area contributed by atoms with Gasteiger partial charge in [0.2, 0.25) is 5.91 Å². The lowest BCUT2D eigenvalue weighted by Crippen LogP contribution is -2.45. The lowest BCUT2D eigenvalue weighted by molar-refractivity contribution is -0.123. The van der Waals surface area contributed by atoms with Crippen LogP contribution in [0.5, 0.6) is 0 Å². The van der Waals surface area contributed by atoms with Crippen LogP contribution in [0.4, 0.5) is 0 Å². The van der Waals surface area contributed by atoms with Crippen molar-refractivity contribution in [2.24, 2.45) is 0 Å². The lowest BCUT2D eigenvalue weighted by Gasteiger charge is -2.32. The van der Waals surface area contributed by atoms with E-state index in [4.69, 9.17) is 0 Å². The molecule has 2 aliphatic carbocycles. The highest BCUT2D eigenvalue weighted by atomic mass is 16.3. The number of carbonyl (C=O) groups is 1. The normalized spacial score (nSPS) is 20.8. The van der Waals surface area contributed by atoms with Crippen LogP contribution < -0.4 is 5.32 Å². The molecule has 1 aromatic rings. The first-order valence-electron chi connectivity index (χ1n) is 8.18. The largest absolute Gasteiger partial charge is 0.388 e. The maximum absolute atomic E-state index is 12.1. The van der Waals surface area contributed by atoms with Crippen molar-refractivity contribution in [1.29, 1.82) is 0 Å². The summed E-state index contributed by atoms with van der Waals surface area (Å²) in [4.78, 5) is 16.5. The summed E-state index contributed by atoms with van der Waals surface area (Å²) < 4.78 is 1.97. The van der Waals surface area contributed by atoms with Crippen molar-refractivity contribution in [1.82, 2.24) is 14.9 Å². The molecule has 3 rings (SSSR count). The fourth-order valence-corrected chi connectivity index (χ4v) is 3.53. The summed E-state index contributed by atoms with van der Waals surface area (Å²) in [6.07, 6.45) is 11.1. The Labute approximate surface area is 125 Å². The highest BCUT2D eigenvalue weighted by molar-refractivity contribution is 5.75. The molecule has 1 saturated carbocycles. The first kappa shape index (κ1) is 14.6. The lowest BCUT2D eigenvalue weighted by atomic mass is 9.85. The van der Waals surface area contributed by atoms with Crippen molar-refractivity contribution in [3.8, 4) is 0 Å². The molecule has 1 amide bonds. The van der Waals surface area contributed by atoms with Gasteiger partial charge in [0.1, 0.15) is 6.54 Å². The van der Waals surface area contributed by atoms with Crippen LogP contribution in [0.2, 0.25) is 0 Å². The van der Waals surface area contributed by atoms with Gasteiger partial charge in [-0.15, -0.1) is 0 Å². The number of aromatic nitrogens is 2. The topological polar surface area (TPSA) is 67.2 Å². The van der Waals surface area contributed by atoms with E-state index in [1.165, 1.54) is 25.0 Å². The third kappa shape index (κ3) is 3.46. The van der Waals surface area contributed by atoms with Gasteiger partial charge in [-0.2, -0.15) is 0 Å². The minimum absolute atomic E-state index is 0.0280. The van der Waals surface area contributed by atoms with Gasteiger partial charge in [-0.1, -0.05) is 19.3 Å². The number of aliphatic hydroxyl groups is 1. The molecule has 0 atom stereocenters. The molecule has 0 spiro atoms. The highest BCUT2D eigenvalue weighted by Crippen LogP contribution is 2.27. The third-order valence-corrected chi connectivity index (χ3v) is 4.82. The predicted octanol–water partition coefficient (Wildman–Crippen LogP) is 1.57. The van der Waals surface area contributed by atoms with Gasteiger partial charge in [0.15, 0.2) is 0 Å². The number of nitrogens with zero attached hydrogens (tertiary/aromatic N) is 2.